The van der Waals surface area contributed by atoms with Crippen molar-refractivity contribution in [2.45, 2.75) is 26.2 Å². The maximum absolute atomic E-state index is 13.2. The van der Waals surface area contributed by atoms with Crippen LogP contribution >= 0.6 is 15.9 Å². The zero-order valence-corrected chi connectivity index (χ0v) is 10.2. The summed E-state index contributed by atoms with van der Waals surface area (Å²) in [6.45, 7) is 4.21. The Morgan fingerprint density at radius 2 is 2.27 bits per heavy atom. The van der Waals surface area contributed by atoms with E-state index in [9.17, 15) is 4.39 Å². The van der Waals surface area contributed by atoms with E-state index in [1.807, 2.05) is 0 Å². The number of nitrogens with zero attached hydrogens (tertiary/aromatic N) is 1. The first kappa shape index (κ1) is 10.6. The van der Waals surface area contributed by atoms with E-state index >= 15 is 0 Å². The van der Waals surface area contributed by atoms with E-state index in [-0.39, 0.29) is 5.82 Å². The lowest BCUT2D eigenvalue weighted by atomic mass is 10.1. The second-order valence-electron chi connectivity index (χ2n) is 3.71. The fourth-order valence-electron chi connectivity index (χ4n) is 1.45. The monoisotopic (exact) mass is 270 g/mol. The van der Waals surface area contributed by atoms with E-state index in [2.05, 4.69) is 39.7 Å². The number of nitrogens with one attached hydrogen (secondary N) is 1. The van der Waals surface area contributed by atoms with Crippen LogP contribution in [0.1, 0.15) is 32.0 Å². The Labute approximate surface area is 96.0 Å². The molecule has 80 valence electrons. The van der Waals surface area contributed by atoms with E-state index in [0.29, 0.717) is 10.4 Å². The highest BCUT2D eigenvalue weighted by Gasteiger charge is 2.10. The van der Waals surface area contributed by atoms with Gasteiger partial charge in [-0.3, -0.25) is 0 Å². The van der Waals surface area contributed by atoms with Crippen LogP contribution < -0.4 is 0 Å². The van der Waals surface area contributed by atoms with Gasteiger partial charge in [-0.1, -0.05) is 13.8 Å². The molecular formula is C11H12BrFN2. The SMILES string of the molecule is CCC(C)c1nc2cc(Br)c(F)cc2[nH]1. The highest BCUT2D eigenvalue weighted by molar-refractivity contribution is 9.10. The molecule has 1 N–H and O–H groups in total. The number of fused-ring (bicyclic) bond motifs is 1. The molecule has 0 aliphatic rings. The zero-order chi connectivity index (χ0) is 11.0. The van der Waals surface area contributed by atoms with E-state index in [1.54, 1.807) is 6.07 Å². The summed E-state index contributed by atoms with van der Waals surface area (Å²) in [6, 6.07) is 3.17. The van der Waals surface area contributed by atoms with Gasteiger partial charge in [0, 0.05) is 12.0 Å². The van der Waals surface area contributed by atoms with Gasteiger partial charge in [0.05, 0.1) is 15.5 Å². The third-order valence-corrected chi connectivity index (χ3v) is 3.23. The van der Waals surface area contributed by atoms with Crippen LogP contribution in [0, 0.1) is 5.82 Å². The van der Waals surface area contributed by atoms with Gasteiger partial charge < -0.3 is 4.98 Å². The molecular weight excluding hydrogens is 259 g/mol. The van der Waals surface area contributed by atoms with Crippen LogP contribution in [-0.4, -0.2) is 9.97 Å². The van der Waals surface area contributed by atoms with Crippen LogP contribution in [0.2, 0.25) is 0 Å². The van der Waals surface area contributed by atoms with Gasteiger partial charge in [0.25, 0.3) is 0 Å². The molecule has 2 nitrogen and oxygen atoms in total. The molecule has 1 aromatic carbocycles. The van der Waals surface area contributed by atoms with Crippen LogP contribution in [-0.2, 0) is 0 Å². The molecule has 4 heteroatoms. The third-order valence-electron chi connectivity index (χ3n) is 2.62. The van der Waals surface area contributed by atoms with Crippen molar-refractivity contribution < 1.29 is 4.39 Å². The highest BCUT2D eigenvalue weighted by Crippen LogP contribution is 2.24. The standard InChI is InChI=1S/C11H12BrFN2/c1-3-6(2)11-14-9-4-7(12)8(13)5-10(9)15-11/h4-6H,3H2,1-2H3,(H,14,15). The van der Waals surface area contributed by atoms with Gasteiger partial charge in [0.15, 0.2) is 0 Å². The summed E-state index contributed by atoms with van der Waals surface area (Å²) in [7, 11) is 0. The predicted molar refractivity (Wildman–Crippen MR) is 62.5 cm³/mol. The number of H-pyrrole nitrogens is 1. The van der Waals surface area contributed by atoms with E-state index in [4.69, 9.17) is 0 Å². The number of benzene rings is 1. The molecule has 1 atom stereocenters. The van der Waals surface area contributed by atoms with E-state index < -0.39 is 0 Å². The van der Waals surface area contributed by atoms with E-state index in [1.165, 1.54) is 6.07 Å². The summed E-state index contributed by atoms with van der Waals surface area (Å²) < 4.78 is 13.7. The average Bonchev–Trinajstić information content (AvgIpc) is 2.60. The smallest absolute Gasteiger partial charge is 0.139 e. The normalized spacial score (nSPS) is 13.3. The van der Waals surface area contributed by atoms with Crippen LogP contribution in [0.5, 0.6) is 0 Å². The predicted octanol–water partition coefficient (Wildman–Crippen LogP) is 3.98. The Hall–Kier alpha value is -0.900. The summed E-state index contributed by atoms with van der Waals surface area (Å²) in [5.41, 5.74) is 1.56. The minimum atomic E-state index is -0.262. The molecule has 0 saturated carbocycles. The third kappa shape index (κ3) is 1.91. The number of aromatic nitrogens is 2. The van der Waals surface area contributed by atoms with Crippen molar-refractivity contribution in [3.8, 4) is 0 Å². The fourth-order valence-corrected chi connectivity index (χ4v) is 1.78. The number of halogens is 2. The molecule has 0 bridgehead atoms. The van der Waals surface area contributed by atoms with Gasteiger partial charge in [-0.05, 0) is 28.4 Å². The van der Waals surface area contributed by atoms with Gasteiger partial charge in [-0.15, -0.1) is 0 Å². The van der Waals surface area contributed by atoms with Crippen LogP contribution in [0.25, 0.3) is 11.0 Å². The van der Waals surface area contributed by atoms with Crippen molar-refractivity contribution in [2.75, 3.05) is 0 Å². The van der Waals surface area contributed by atoms with Gasteiger partial charge in [-0.2, -0.15) is 0 Å². The van der Waals surface area contributed by atoms with Crippen LogP contribution in [0.15, 0.2) is 16.6 Å². The molecule has 15 heavy (non-hydrogen) atoms. The Morgan fingerprint density at radius 3 is 2.93 bits per heavy atom. The van der Waals surface area contributed by atoms with Crippen molar-refractivity contribution in [3.63, 3.8) is 0 Å². The second kappa shape index (κ2) is 3.93. The van der Waals surface area contributed by atoms with Gasteiger partial charge in [0.2, 0.25) is 0 Å². The van der Waals surface area contributed by atoms with Crippen molar-refractivity contribution in [2.24, 2.45) is 0 Å². The fraction of sp³-hybridized carbons (Fsp3) is 0.364. The summed E-state index contributed by atoms with van der Waals surface area (Å²) in [6.07, 6.45) is 1.02. The lowest BCUT2D eigenvalue weighted by Gasteiger charge is -2.01. The van der Waals surface area contributed by atoms with Crippen LogP contribution in [0.3, 0.4) is 0 Å². The first-order valence-corrected chi connectivity index (χ1v) is 5.75. The molecule has 1 unspecified atom stereocenters. The summed E-state index contributed by atoms with van der Waals surface area (Å²) in [5, 5.41) is 0. The Kier molecular flexibility index (Phi) is 2.78. The maximum atomic E-state index is 13.2. The number of hydrogen-bond donors (Lipinski definition) is 1. The molecule has 0 amide bonds. The second-order valence-corrected chi connectivity index (χ2v) is 4.57. The summed E-state index contributed by atoms with van der Waals surface area (Å²) >= 11 is 3.15. The van der Waals surface area contributed by atoms with Crippen molar-refractivity contribution in [3.05, 3.63) is 28.2 Å². The minimum absolute atomic E-state index is 0.262. The molecule has 0 aliphatic heterocycles. The van der Waals surface area contributed by atoms with Crippen LogP contribution in [0.4, 0.5) is 4.39 Å². The zero-order valence-electron chi connectivity index (χ0n) is 8.64. The first-order valence-electron chi connectivity index (χ1n) is 4.96. The number of aromatic amines is 1. The summed E-state index contributed by atoms with van der Waals surface area (Å²) in [4.78, 5) is 7.58. The Balaban J connectivity index is 2.56. The summed E-state index contributed by atoms with van der Waals surface area (Å²) in [5.74, 6) is 1.03. The first-order chi connectivity index (χ1) is 7.11. The molecule has 2 aromatic rings. The number of hydrogen-bond acceptors (Lipinski definition) is 1. The molecule has 0 aliphatic carbocycles. The largest absolute Gasteiger partial charge is 0.342 e. The number of imidazole rings is 1. The minimum Gasteiger partial charge on any atom is -0.342 e. The van der Waals surface area contributed by atoms with Crippen molar-refractivity contribution in [1.29, 1.82) is 0 Å². The lowest BCUT2D eigenvalue weighted by Crippen LogP contribution is -1.92. The molecule has 0 fully saturated rings. The Bertz CT molecular complexity index is 454. The molecule has 0 radical (unpaired) electrons. The van der Waals surface area contributed by atoms with Crippen molar-refractivity contribution in [1.82, 2.24) is 9.97 Å². The maximum Gasteiger partial charge on any atom is 0.139 e. The molecule has 1 aromatic heterocycles. The highest BCUT2D eigenvalue weighted by atomic mass is 79.9. The van der Waals surface area contributed by atoms with Gasteiger partial charge in [-0.25, -0.2) is 9.37 Å². The van der Waals surface area contributed by atoms with E-state index in [0.717, 1.165) is 23.3 Å². The molecule has 0 spiro atoms. The number of rotatable bonds is 2. The Morgan fingerprint density at radius 1 is 1.53 bits per heavy atom. The molecule has 1 heterocycles. The quantitative estimate of drug-likeness (QED) is 0.879. The molecule has 0 saturated heterocycles. The topological polar surface area (TPSA) is 28.7 Å². The van der Waals surface area contributed by atoms with Gasteiger partial charge in [0.1, 0.15) is 11.6 Å². The molecule has 2 rings (SSSR count). The average molecular weight is 271 g/mol. The lowest BCUT2D eigenvalue weighted by molar-refractivity contribution is 0.623. The van der Waals surface area contributed by atoms with Gasteiger partial charge >= 0.3 is 0 Å². The van der Waals surface area contributed by atoms with Crippen molar-refractivity contribution >= 4 is 27.0 Å².